The van der Waals surface area contributed by atoms with Crippen molar-refractivity contribution in [3.63, 3.8) is 0 Å². The van der Waals surface area contributed by atoms with Gasteiger partial charge in [-0.15, -0.1) is 36.5 Å². The van der Waals surface area contributed by atoms with Crippen LogP contribution in [0.25, 0.3) is 11.3 Å². The molecule has 4 nitrogen and oxygen atoms in total. The number of alkyl halides is 4. The highest BCUT2D eigenvalue weighted by Crippen LogP contribution is 2.27. The number of hydrogen-bond donors (Lipinski definition) is 0. The molecule has 130 valence electrons. The molecule has 0 aliphatic heterocycles. The van der Waals surface area contributed by atoms with Crippen LogP contribution < -0.4 is 4.74 Å². The lowest BCUT2D eigenvalue weighted by Gasteiger charge is -2.10. The number of benzene rings is 1. The number of carbonyl (C=O) groups is 1. The van der Waals surface area contributed by atoms with Gasteiger partial charge in [0.1, 0.15) is 10.5 Å². The Balaban J connectivity index is 2.23. The van der Waals surface area contributed by atoms with Crippen molar-refractivity contribution in [2.45, 2.75) is 18.0 Å². The molecular weight excluding hydrogens is 365 g/mol. The van der Waals surface area contributed by atoms with Crippen LogP contribution in [0, 0.1) is 0 Å². The number of Topliss-reactive ketones (excluding diaryl/α,β-unsaturated/α-hetero) is 1. The Morgan fingerprint density at radius 2 is 2.00 bits per heavy atom. The van der Waals surface area contributed by atoms with Gasteiger partial charge < -0.3 is 9.30 Å². The smallest absolute Gasteiger partial charge is 0.406 e. The number of rotatable bonds is 6. The van der Waals surface area contributed by atoms with Crippen molar-refractivity contribution in [3.05, 3.63) is 36.3 Å². The van der Waals surface area contributed by atoms with Gasteiger partial charge in [0.2, 0.25) is 5.78 Å². The summed E-state index contributed by atoms with van der Waals surface area (Å²) in [5.74, 6) is 0.262. The molecule has 0 spiro atoms. The van der Waals surface area contributed by atoms with Gasteiger partial charge in [-0.1, -0.05) is 6.92 Å². The van der Waals surface area contributed by atoms with E-state index >= 15 is 0 Å². The minimum Gasteiger partial charge on any atom is -0.406 e. The third-order valence-electron chi connectivity index (χ3n) is 3.11. The van der Waals surface area contributed by atoms with Crippen LogP contribution in [0.1, 0.15) is 17.5 Å². The lowest BCUT2D eigenvalue weighted by atomic mass is 10.1. The van der Waals surface area contributed by atoms with Crippen LogP contribution in [0.5, 0.6) is 5.75 Å². The highest BCUT2D eigenvalue weighted by molar-refractivity contribution is 8.01. The van der Waals surface area contributed by atoms with Crippen LogP contribution >= 0.6 is 23.4 Å². The van der Waals surface area contributed by atoms with E-state index < -0.39 is 11.1 Å². The third kappa shape index (κ3) is 4.45. The molecule has 24 heavy (non-hydrogen) atoms. The molecule has 1 unspecified atom stereocenters. The number of nitrogens with zero attached hydrogens (tertiary/aromatic N) is 2. The average molecular weight is 379 g/mol. The standard InChI is InChI=1S/C15H14ClF3N2O2S/c1-3-24-13(16)12(22)14-20-8-11(21(14)2)9-4-6-10(7-5-9)23-15(17,18)19/h4-8,13H,3H2,1-2H3. The molecule has 1 aromatic carbocycles. The van der Waals surface area contributed by atoms with E-state index in [-0.39, 0.29) is 17.4 Å². The van der Waals surface area contributed by atoms with E-state index in [0.29, 0.717) is 17.0 Å². The fourth-order valence-corrected chi connectivity index (χ4v) is 3.08. The first kappa shape index (κ1) is 18.7. The SMILES string of the molecule is CCSC(Cl)C(=O)c1ncc(-c2ccc(OC(F)(F)F)cc2)n1C. The molecule has 0 saturated carbocycles. The molecule has 0 radical (unpaired) electrons. The molecule has 2 rings (SSSR count). The van der Waals surface area contributed by atoms with Crippen molar-refractivity contribution < 1.29 is 22.7 Å². The minimum atomic E-state index is -4.74. The zero-order valence-electron chi connectivity index (χ0n) is 12.8. The molecule has 1 aromatic heterocycles. The summed E-state index contributed by atoms with van der Waals surface area (Å²) < 4.78 is 41.2. The Kier molecular flexibility index (Phi) is 5.82. The fraction of sp³-hybridized carbons (Fsp3) is 0.333. The Hall–Kier alpha value is -1.67. The summed E-state index contributed by atoms with van der Waals surface area (Å²) in [6.07, 6.45) is -3.26. The summed E-state index contributed by atoms with van der Waals surface area (Å²) >= 11 is 7.31. The van der Waals surface area contributed by atoms with Gasteiger partial charge in [0, 0.05) is 12.6 Å². The number of aromatic nitrogens is 2. The van der Waals surface area contributed by atoms with Crippen LogP contribution in [0.2, 0.25) is 0 Å². The number of thioether (sulfide) groups is 1. The van der Waals surface area contributed by atoms with Gasteiger partial charge in [-0.2, -0.15) is 0 Å². The molecule has 1 heterocycles. The van der Waals surface area contributed by atoms with Gasteiger partial charge in [0.05, 0.1) is 11.9 Å². The van der Waals surface area contributed by atoms with Crippen molar-refractivity contribution in [2.75, 3.05) is 5.75 Å². The van der Waals surface area contributed by atoms with E-state index in [1.165, 1.54) is 42.2 Å². The van der Waals surface area contributed by atoms with E-state index in [2.05, 4.69) is 9.72 Å². The maximum atomic E-state index is 12.2. The zero-order valence-corrected chi connectivity index (χ0v) is 14.4. The molecule has 0 aliphatic rings. The summed E-state index contributed by atoms with van der Waals surface area (Å²) in [5, 5.41) is 0. The van der Waals surface area contributed by atoms with Crippen molar-refractivity contribution in [1.29, 1.82) is 0 Å². The first-order valence-electron chi connectivity index (χ1n) is 6.90. The number of carbonyl (C=O) groups excluding carboxylic acids is 1. The second kappa shape index (κ2) is 7.48. The molecule has 0 N–H and O–H groups in total. The fourth-order valence-electron chi connectivity index (χ4n) is 2.06. The Morgan fingerprint density at radius 3 is 2.54 bits per heavy atom. The normalized spacial score (nSPS) is 12.9. The Bertz CT molecular complexity index is 716. The number of ketones is 1. The lowest BCUT2D eigenvalue weighted by molar-refractivity contribution is -0.274. The van der Waals surface area contributed by atoms with Gasteiger partial charge in [0.15, 0.2) is 5.82 Å². The first-order valence-corrected chi connectivity index (χ1v) is 8.39. The largest absolute Gasteiger partial charge is 0.573 e. The first-order chi connectivity index (χ1) is 11.2. The predicted octanol–water partition coefficient (Wildman–Crippen LogP) is 4.49. The third-order valence-corrected chi connectivity index (χ3v) is 4.53. The van der Waals surface area contributed by atoms with Crippen LogP contribution in [0.4, 0.5) is 13.2 Å². The van der Waals surface area contributed by atoms with Crippen LogP contribution in [0.15, 0.2) is 30.5 Å². The van der Waals surface area contributed by atoms with Crippen LogP contribution in [-0.4, -0.2) is 32.2 Å². The monoisotopic (exact) mass is 378 g/mol. The molecule has 0 fully saturated rings. The quantitative estimate of drug-likeness (QED) is 0.549. The van der Waals surface area contributed by atoms with Crippen LogP contribution in [-0.2, 0) is 7.05 Å². The van der Waals surface area contributed by atoms with Gasteiger partial charge in [0.25, 0.3) is 0 Å². The summed E-state index contributed by atoms with van der Waals surface area (Å²) in [6.45, 7) is 1.89. The predicted molar refractivity (Wildman–Crippen MR) is 87.4 cm³/mol. The molecule has 9 heteroatoms. The summed E-state index contributed by atoms with van der Waals surface area (Å²) in [6, 6.07) is 5.33. The minimum absolute atomic E-state index is 0.196. The Morgan fingerprint density at radius 1 is 1.38 bits per heavy atom. The van der Waals surface area contributed by atoms with Gasteiger partial charge >= 0.3 is 6.36 Å². The number of ether oxygens (including phenoxy) is 1. The molecule has 2 aromatic rings. The van der Waals surface area contributed by atoms with Crippen LogP contribution in [0.3, 0.4) is 0 Å². The van der Waals surface area contributed by atoms with Crippen molar-refractivity contribution >= 4 is 29.1 Å². The van der Waals surface area contributed by atoms with Crippen molar-refractivity contribution in [2.24, 2.45) is 7.05 Å². The lowest BCUT2D eigenvalue weighted by Crippen LogP contribution is -2.17. The maximum Gasteiger partial charge on any atom is 0.573 e. The highest BCUT2D eigenvalue weighted by atomic mass is 35.5. The summed E-state index contributed by atoms with van der Waals surface area (Å²) in [4.78, 5) is 16.3. The molecule has 1 atom stereocenters. The van der Waals surface area contributed by atoms with Crippen molar-refractivity contribution in [3.8, 4) is 17.0 Å². The van der Waals surface area contributed by atoms with E-state index in [9.17, 15) is 18.0 Å². The highest BCUT2D eigenvalue weighted by Gasteiger charge is 2.31. The molecule has 0 amide bonds. The number of hydrogen-bond acceptors (Lipinski definition) is 4. The second-order valence-electron chi connectivity index (χ2n) is 4.73. The average Bonchev–Trinajstić information content (AvgIpc) is 2.87. The number of imidazole rings is 1. The molecule has 0 bridgehead atoms. The van der Waals surface area contributed by atoms with E-state index in [4.69, 9.17) is 11.6 Å². The second-order valence-corrected chi connectivity index (χ2v) is 6.81. The van der Waals surface area contributed by atoms with Gasteiger partial charge in [-0.05, 0) is 30.0 Å². The van der Waals surface area contributed by atoms with E-state index in [0.717, 1.165) is 0 Å². The summed E-state index contributed by atoms with van der Waals surface area (Å²) in [7, 11) is 1.65. The van der Waals surface area contributed by atoms with E-state index in [1.807, 2.05) is 6.92 Å². The van der Waals surface area contributed by atoms with Gasteiger partial charge in [-0.25, -0.2) is 4.98 Å². The maximum absolute atomic E-state index is 12.2. The van der Waals surface area contributed by atoms with E-state index in [1.54, 1.807) is 11.6 Å². The Labute approximate surface area is 146 Å². The molecule has 0 aliphatic carbocycles. The van der Waals surface area contributed by atoms with Gasteiger partial charge in [-0.3, -0.25) is 4.79 Å². The topological polar surface area (TPSA) is 44.1 Å². The zero-order chi connectivity index (χ0) is 17.9. The van der Waals surface area contributed by atoms with Crippen molar-refractivity contribution in [1.82, 2.24) is 9.55 Å². The molecule has 0 saturated heterocycles. The number of halogens is 4. The summed E-state index contributed by atoms with van der Waals surface area (Å²) in [5.41, 5.74) is 1.19. The molecular formula is C15H14ClF3N2O2S.